The zero-order valence-electron chi connectivity index (χ0n) is 4.98. The first-order valence-electron chi connectivity index (χ1n) is 2.34. The van der Waals surface area contributed by atoms with E-state index in [1.807, 2.05) is 0 Å². The Morgan fingerprint density at radius 3 is 1.62 bits per heavy atom. The van der Waals surface area contributed by atoms with Gasteiger partial charge in [0.25, 0.3) is 0 Å². The van der Waals surface area contributed by atoms with Gasteiger partial charge in [-0.3, -0.25) is 0 Å². The predicted molar refractivity (Wildman–Crippen MR) is 31.5 cm³/mol. The Morgan fingerprint density at radius 2 is 1.38 bits per heavy atom. The van der Waals surface area contributed by atoms with Crippen molar-refractivity contribution in [1.29, 1.82) is 0 Å². The molecule has 4 heteroatoms. The molecule has 0 rings (SSSR count). The quantitative estimate of drug-likeness (QED) is 0.447. The van der Waals surface area contributed by atoms with Crippen molar-refractivity contribution in [1.82, 2.24) is 0 Å². The Kier molecular flexibility index (Phi) is 14.8. The minimum atomic E-state index is 0. The van der Waals surface area contributed by atoms with Crippen molar-refractivity contribution in [2.45, 2.75) is 0 Å². The molecule has 0 heterocycles. The summed E-state index contributed by atoms with van der Waals surface area (Å²) in [6.07, 6.45) is 0. The molecule has 0 saturated heterocycles. The van der Waals surface area contributed by atoms with Crippen LogP contribution in [0.3, 0.4) is 0 Å². The van der Waals surface area contributed by atoms with Crippen molar-refractivity contribution in [3.63, 3.8) is 0 Å². The molecule has 0 spiro atoms. The van der Waals surface area contributed by atoms with E-state index in [0.29, 0.717) is 26.2 Å². The standard InChI is InChI=1S/C4H10N3.Zn/c5-1-3-7-4-2-6;/h5-6H,1-4H2;/q-3;+2. The van der Waals surface area contributed by atoms with E-state index in [1.165, 1.54) is 0 Å². The number of rotatable bonds is 4. The second kappa shape index (κ2) is 10.5. The smallest absolute Gasteiger partial charge is 0.679 e. The molecule has 0 atom stereocenters. The van der Waals surface area contributed by atoms with E-state index in [4.69, 9.17) is 11.5 Å². The Hall–Kier alpha value is 0.503. The van der Waals surface area contributed by atoms with Gasteiger partial charge in [-0.25, -0.2) is 0 Å². The summed E-state index contributed by atoms with van der Waals surface area (Å²) in [5.74, 6) is 0. The maximum Gasteiger partial charge on any atom is 2.00 e. The minimum absolute atomic E-state index is 0. The van der Waals surface area contributed by atoms with Crippen LogP contribution >= 0.6 is 0 Å². The van der Waals surface area contributed by atoms with Crippen molar-refractivity contribution in [3.8, 4) is 0 Å². The van der Waals surface area contributed by atoms with Gasteiger partial charge >= 0.3 is 19.5 Å². The average molecular weight is 166 g/mol. The van der Waals surface area contributed by atoms with E-state index >= 15 is 0 Å². The molecule has 8 heavy (non-hydrogen) atoms. The van der Waals surface area contributed by atoms with E-state index in [2.05, 4.69) is 5.32 Å². The molecule has 0 saturated carbocycles. The van der Waals surface area contributed by atoms with Gasteiger partial charge in [-0.15, -0.1) is 0 Å². The molecule has 3 nitrogen and oxygen atoms in total. The molecule has 0 amide bonds. The summed E-state index contributed by atoms with van der Waals surface area (Å²) in [5, 5.41) is 3.83. The predicted octanol–water partition coefficient (Wildman–Crippen LogP) is 1.46. The molecule has 0 aromatic carbocycles. The van der Waals surface area contributed by atoms with Crippen molar-refractivity contribution in [3.05, 3.63) is 16.8 Å². The van der Waals surface area contributed by atoms with Crippen molar-refractivity contribution < 1.29 is 19.5 Å². The molecule has 0 aromatic heterocycles. The molecular formula is C4H10N3Zn-. The van der Waals surface area contributed by atoms with Gasteiger partial charge in [0.2, 0.25) is 0 Å². The summed E-state index contributed by atoms with van der Waals surface area (Å²) < 4.78 is 0. The van der Waals surface area contributed by atoms with Gasteiger partial charge in [0.15, 0.2) is 0 Å². The maximum atomic E-state index is 6.63. The first-order valence-corrected chi connectivity index (χ1v) is 2.34. The van der Waals surface area contributed by atoms with Crippen LogP contribution in [0.5, 0.6) is 0 Å². The fraction of sp³-hybridized carbons (Fsp3) is 1.00. The molecule has 2 N–H and O–H groups in total. The first kappa shape index (κ1) is 11.3. The number of hydrogen-bond donors (Lipinski definition) is 0. The van der Waals surface area contributed by atoms with Gasteiger partial charge in [-0.1, -0.05) is 0 Å². The van der Waals surface area contributed by atoms with Crippen LogP contribution in [0.15, 0.2) is 0 Å². The summed E-state index contributed by atoms with van der Waals surface area (Å²) in [5.41, 5.74) is 13.3. The molecule has 44 valence electrons. The van der Waals surface area contributed by atoms with Crippen molar-refractivity contribution in [2.75, 3.05) is 26.2 Å². The van der Waals surface area contributed by atoms with E-state index < -0.39 is 0 Å². The van der Waals surface area contributed by atoms with Crippen molar-refractivity contribution >= 4 is 0 Å². The molecule has 0 radical (unpaired) electrons. The van der Waals surface area contributed by atoms with E-state index in [0.717, 1.165) is 0 Å². The molecule has 0 fully saturated rings. The Bertz CT molecular complexity index is 30.5. The van der Waals surface area contributed by atoms with Crippen LogP contribution in [0.4, 0.5) is 0 Å². The van der Waals surface area contributed by atoms with Gasteiger partial charge in [0, 0.05) is 0 Å². The van der Waals surface area contributed by atoms with Crippen LogP contribution in [0.2, 0.25) is 0 Å². The van der Waals surface area contributed by atoms with Crippen LogP contribution in [0.25, 0.3) is 16.8 Å². The maximum absolute atomic E-state index is 6.63. The van der Waals surface area contributed by atoms with Gasteiger partial charge in [-0.2, -0.15) is 26.2 Å². The normalized spacial score (nSPS) is 8.25. The fourth-order valence-corrected chi connectivity index (χ4v) is 0.270. The molecule has 0 unspecified atom stereocenters. The Labute approximate surface area is 62.9 Å². The largest absolute Gasteiger partial charge is 2.00 e. The third-order valence-corrected chi connectivity index (χ3v) is 0.540. The van der Waals surface area contributed by atoms with Crippen molar-refractivity contribution in [2.24, 2.45) is 0 Å². The molecular weight excluding hydrogens is 155 g/mol. The topological polar surface area (TPSA) is 61.7 Å². The zero-order chi connectivity index (χ0) is 5.54. The molecule has 0 bridgehead atoms. The summed E-state index contributed by atoms with van der Waals surface area (Å²) in [6.45, 7) is 1.91. The zero-order valence-corrected chi connectivity index (χ0v) is 7.95. The SMILES string of the molecule is [NH-]CC[N-]CC[NH-].[Zn+2]. The third-order valence-electron chi connectivity index (χ3n) is 0.540. The second-order valence-corrected chi connectivity index (χ2v) is 1.17. The van der Waals surface area contributed by atoms with Gasteiger partial charge in [0.05, 0.1) is 0 Å². The summed E-state index contributed by atoms with van der Waals surface area (Å²) in [4.78, 5) is 0. The molecule has 0 aliphatic rings. The first-order chi connectivity index (χ1) is 3.41. The monoisotopic (exact) mass is 164 g/mol. The fourth-order valence-electron chi connectivity index (χ4n) is 0.270. The third kappa shape index (κ3) is 9.71. The van der Waals surface area contributed by atoms with E-state index in [-0.39, 0.29) is 19.5 Å². The molecule has 0 aliphatic heterocycles. The number of nitrogens with one attached hydrogen (secondary N) is 2. The van der Waals surface area contributed by atoms with Crippen LogP contribution in [-0.4, -0.2) is 26.2 Å². The van der Waals surface area contributed by atoms with Crippen LogP contribution < -0.4 is 0 Å². The summed E-state index contributed by atoms with van der Waals surface area (Å²) >= 11 is 0. The molecule has 0 aliphatic carbocycles. The number of nitrogens with zero attached hydrogens (tertiary/aromatic N) is 1. The van der Waals surface area contributed by atoms with E-state index in [1.54, 1.807) is 0 Å². The van der Waals surface area contributed by atoms with Crippen LogP contribution in [0.1, 0.15) is 0 Å². The Morgan fingerprint density at radius 1 is 1.00 bits per heavy atom. The average Bonchev–Trinajstić information content (AvgIpc) is 1.69. The summed E-state index contributed by atoms with van der Waals surface area (Å²) in [6, 6.07) is 0. The van der Waals surface area contributed by atoms with Gasteiger partial charge in [-0.05, 0) is 0 Å². The molecule has 0 aromatic rings. The van der Waals surface area contributed by atoms with E-state index in [9.17, 15) is 0 Å². The van der Waals surface area contributed by atoms with Crippen LogP contribution in [-0.2, 0) is 19.5 Å². The Balaban J connectivity index is 0. The van der Waals surface area contributed by atoms with Gasteiger partial charge < -0.3 is 16.8 Å². The van der Waals surface area contributed by atoms with Crippen LogP contribution in [0, 0.1) is 0 Å². The minimum Gasteiger partial charge on any atom is -0.679 e. The van der Waals surface area contributed by atoms with Gasteiger partial charge in [0.1, 0.15) is 0 Å². The number of hydrogen-bond acceptors (Lipinski definition) is 0. The summed E-state index contributed by atoms with van der Waals surface area (Å²) in [7, 11) is 0. The second-order valence-electron chi connectivity index (χ2n) is 1.17.